The maximum atomic E-state index is 5.63. The molecule has 0 aliphatic rings. The van der Waals surface area contributed by atoms with E-state index in [-0.39, 0.29) is 0 Å². The second-order valence-corrected chi connectivity index (χ2v) is 4.39. The zero-order chi connectivity index (χ0) is 11.1. The fourth-order valence-corrected chi connectivity index (χ4v) is 1.87. The van der Waals surface area contributed by atoms with E-state index in [0.717, 1.165) is 29.7 Å². The van der Waals surface area contributed by atoms with Crippen LogP contribution >= 0.6 is 15.9 Å². The molecule has 0 aromatic heterocycles. The number of rotatable bonds is 6. The van der Waals surface area contributed by atoms with Crippen molar-refractivity contribution in [2.24, 2.45) is 0 Å². The smallest absolute Gasteiger partial charge is 0.133 e. The Kier molecular flexibility index (Phi) is 5.73. The topological polar surface area (TPSA) is 21.3 Å². The zero-order valence-corrected chi connectivity index (χ0v) is 10.9. The zero-order valence-electron chi connectivity index (χ0n) is 9.35. The van der Waals surface area contributed by atoms with E-state index in [9.17, 15) is 0 Å². The fourth-order valence-electron chi connectivity index (χ4n) is 1.26. The Bertz CT molecular complexity index is 302. The summed E-state index contributed by atoms with van der Waals surface area (Å²) in [6.45, 7) is 6.88. The summed E-state index contributed by atoms with van der Waals surface area (Å²) in [5.41, 5.74) is 1.23. The van der Waals surface area contributed by atoms with Crippen molar-refractivity contribution in [3.63, 3.8) is 0 Å². The van der Waals surface area contributed by atoms with Gasteiger partial charge in [0.1, 0.15) is 12.4 Å². The monoisotopic (exact) mass is 271 g/mol. The van der Waals surface area contributed by atoms with Gasteiger partial charge in [-0.3, -0.25) is 0 Å². The third kappa shape index (κ3) is 4.67. The Labute approximate surface area is 100 Å². The summed E-state index contributed by atoms with van der Waals surface area (Å²) in [5, 5.41) is 3.30. The Morgan fingerprint density at radius 2 is 2.13 bits per heavy atom. The van der Waals surface area contributed by atoms with E-state index in [4.69, 9.17) is 4.74 Å². The molecule has 0 atom stereocenters. The van der Waals surface area contributed by atoms with Gasteiger partial charge in [-0.1, -0.05) is 13.0 Å². The van der Waals surface area contributed by atoms with Crippen molar-refractivity contribution in [2.45, 2.75) is 20.3 Å². The lowest BCUT2D eigenvalue weighted by molar-refractivity contribution is 0.312. The number of benzene rings is 1. The molecule has 0 aliphatic heterocycles. The standard InChI is InChI=1S/C12H18BrNO/c1-3-6-14-7-8-15-12-5-4-10(2)9-11(12)13/h4-5,9,14H,3,6-8H2,1-2H3. The van der Waals surface area contributed by atoms with Gasteiger partial charge < -0.3 is 10.1 Å². The molecule has 1 aromatic carbocycles. The summed E-state index contributed by atoms with van der Waals surface area (Å²) in [6.07, 6.45) is 1.16. The average molecular weight is 272 g/mol. The first-order chi connectivity index (χ1) is 7.24. The highest BCUT2D eigenvalue weighted by Crippen LogP contribution is 2.25. The van der Waals surface area contributed by atoms with Crippen LogP contribution in [0.5, 0.6) is 5.75 Å². The minimum absolute atomic E-state index is 0.710. The Hall–Kier alpha value is -0.540. The van der Waals surface area contributed by atoms with E-state index >= 15 is 0 Å². The molecule has 0 heterocycles. The van der Waals surface area contributed by atoms with Gasteiger partial charge in [0.25, 0.3) is 0 Å². The van der Waals surface area contributed by atoms with Crippen LogP contribution in [0.2, 0.25) is 0 Å². The number of aryl methyl sites for hydroxylation is 1. The molecule has 84 valence electrons. The number of halogens is 1. The molecule has 2 nitrogen and oxygen atoms in total. The van der Waals surface area contributed by atoms with E-state index in [2.05, 4.69) is 47.2 Å². The van der Waals surface area contributed by atoms with Crippen molar-refractivity contribution in [1.29, 1.82) is 0 Å². The SMILES string of the molecule is CCCNCCOc1ccc(C)cc1Br. The first-order valence-electron chi connectivity index (χ1n) is 5.33. The molecular formula is C12H18BrNO. The highest BCUT2D eigenvalue weighted by molar-refractivity contribution is 9.10. The summed E-state index contributed by atoms with van der Waals surface area (Å²) in [5.74, 6) is 0.916. The van der Waals surface area contributed by atoms with Crippen molar-refractivity contribution < 1.29 is 4.74 Å². The van der Waals surface area contributed by atoms with Crippen molar-refractivity contribution in [3.8, 4) is 5.75 Å². The highest BCUT2D eigenvalue weighted by atomic mass is 79.9. The summed E-state index contributed by atoms with van der Waals surface area (Å²) in [7, 11) is 0. The van der Waals surface area contributed by atoms with Crippen LogP contribution in [0.1, 0.15) is 18.9 Å². The van der Waals surface area contributed by atoms with E-state index in [1.165, 1.54) is 5.56 Å². The molecule has 1 rings (SSSR count). The lowest BCUT2D eigenvalue weighted by Crippen LogP contribution is -2.21. The van der Waals surface area contributed by atoms with Crippen LogP contribution in [0, 0.1) is 6.92 Å². The Morgan fingerprint density at radius 1 is 1.33 bits per heavy atom. The minimum atomic E-state index is 0.710. The molecular weight excluding hydrogens is 254 g/mol. The van der Waals surface area contributed by atoms with Gasteiger partial charge in [-0.15, -0.1) is 0 Å². The van der Waals surface area contributed by atoms with Gasteiger partial charge in [0.15, 0.2) is 0 Å². The minimum Gasteiger partial charge on any atom is -0.491 e. The van der Waals surface area contributed by atoms with Crippen molar-refractivity contribution in [1.82, 2.24) is 5.32 Å². The van der Waals surface area contributed by atoms with Crippen LogP contribution in [-0.4, -0.2) is 19.7 Å². The molecule has 0 saturated heterocycles. The van der Waals surface area contributed by atoms with E-state index in [1.54, 1.807) is 0 Å². The number of nitrogens with one attached hydrogen (secondary N) is 1. The summed E-state index contributed by atoms with van der Waals surface area (Å²) in [6, 6.07) is 6.12. The van der Waals surface area contributed by atoms with Crippen LogP contribution in [0.4, 0.5) is 0 Å². The van der Waals surface area contributed by atoms with Gasteiger partial charge in [-0.25, -0.2) is 0 Å². The Balaban J connectivity index is 2.31. The number of hydrogen-bond acceptors (Lipinski definition) is 2. The molecule has 0 saturated carbocycles. The second-order valence-electron chi connectivity index (χ2n) is 3.53. The molecule has 0 bridgehead atoms. The predicted molar refractivity (Wildman–Crippen MR) is 67.5 cm³/mol. The van der Waals surface area contributed by atoms with Gasteiger partial charge in [0, 0.05) is 6.54 Å². The fraction of sp³-hybridized carbons (Fsp3) is 0.500. The first-order valence-corrected chi connectivity index (χ1v) is 6.13. The average Bonchev–Trinajstić information content (AvgIpc) is 2.20. The molecule has 3 heteroatoms. The number of ether oxygens (including phenoxy) is 1. The summed E-state index contributed by atoms with van der Waals surface area (Å²) >= 11 is 3.48. The van der Waals surface area contributed by atoms with Gasteiger partial charge in [-0.05, 0) is 53.5 Å². The largest absolute Gasteiger partial charge is 0.491 e. The highest BCUT2D eigenvalue weighted by Gasteiger charge is 1.99. The molecule has 0 spiro atoms. The third-order valence-electron chi connectivity index (χ3n) is 2.05. The van der Waals surface area contributed by atoms with Gasteiger partial charge in [-0.2, -0.15) is 0 Å². The maximum Gasteiger partial charge on any atom is 0.133 e. The predicted octanol–water partition coefficient (Wildman–Crippen LogP) is 3.14. The first kappa shape index (κ1) is 12.5. The van der Waals surface area contributed by atoms with Crippen molar-refractivity contribution in [2.75, 3.05) is 19.7 Å². The summed E-state index contributed by atoms with van der Waals surface area (Å²) < 4.78 is 6.65. The van der Waals surface area contributed by atoms with Crippen molar-refractivity contribution in [3.05, 3.63) is 28.2 Å². The van der Waals surface area contributed by atoms with Gasteiger partial charge >= 0.3 is 0 Å². The number of hydrogen-bond donors (Lipinski definition) is 1. The molecule has 15 heavy (non-hydrogen) atoms. The molecule has 0 fully saturated rings. The van der Waals surface area contributed by atoms with E-state index in [1.807, 2.05) is 6.07 Å². The molecule has 0 aliphatic carbocycles. The molecule has 0 radical (unpaired) electrons. The van der Waals surface area contributed by atoms with Crippen LogP contribution in [-0.2, 0) is 0 Å². The van der Waals surface area contributed by atoms with Crippen LogP contribution in [0.3, 0.4) is 0 Å². The van der Waals surface area contributed by atoms with Crippen LogP contribution < -0.4 is 10.1 Å². The molecule has 1 N–H and O–H groups in total. The van der Waals surface area contributed by atoms with E-state index < -0.39 is 0 Å². The van der Waals surface area contributed by atoms with Crippen molar-refractivity contribution >= 4 is 15.9 Å². The lowest BCUT2D eigenvalue weighted by Gasteiger charge is -2.09. The normalized spacial score (nSPS) is 10.3. The van der Waals surface area contributed by atoms with E-state index in [0.29, 0.717) is 6.61 Å². The molecule has 1 aromatic rings. The maximum absolute atomic E-state index is 5.63. The lowest BCUT2D eigenvalue weighted by atomic mass is 10.2. The third-order valence-corrected chi connectivity index (χ3v) is 2.67. The molecule has 0 unspecified atom stereocenters. The second kappa shape index (κ2) is 6.85. The molecule has 0 amide bonds. The Morgan fingerprint density at radius 3 is 2.80 bits per heavy atom. The van der Waals surface area contributed by atoms with Gasteiger partial charge in [0.2, 0.25) is 0 Å². The van der Waals surface area contributed by atoms with Crippen LogP contribution in [0.25, 0.3) is 0 Å². The van der Waals surface area contributed by atoms with Crippen LogP contribution in [0.15, 0.2) is 22.7 Å². The quantitative estimate of drug-likeness (QED) is 0.803. The van der Waals surface area contributed by atoms with Gasteiger partial charge in [0.05, 0.1) is 4.47 Å². The summed E-state index contributed by atoms with van der Waals surface area (Å²) in [4.78, 5) is 0.